The van der Waals surface area contributed by atoms with E-state index in [9.17, 15) is 4.79 Å². The van der Waals surface area contributed by atoms with Crippen LogP contribution in [-0.2, 0) is 15.1 Å². The highest BCUT2D eigenvalue weighted by atomic mass is 16.5. The Balaban J connectivity index is 2.42. The van der Waals surface area contributed by atoms with Crippen LogP contribution in [0.2, 0.25) is 0 Å². The predicted octanol–water partition coefficient (Wildman–Crippen LogP) is 1.45. The minimum absolute atomic E-state index is 0.209. The van der Waals surface area contributed by atoms with E-state index in [0.29, 0.717) is 6.61 Å². The minimum atomic E-state index is -0.729. The first kappa shape index (κ1) is 11.9. The summed E-state index contributed by atoms with van der Waals surface area (Å²) < 4.78 is 10.4. The molecule has 0 aliphatic carbocycles. The summed E-state index contributed by atoms with van der Waals surface area (Å²) in [6, 6.07) is 7.55. The lowest BCUT2D eigenvalue weighted by atomic mass is 9.84. The van der Waals surface area contributed by atoms with Crippen molar-refractivity contribution >= 4 is 5.97 Å². The number of ether oxygens (including phenoxy) is 2. The Morgan fingerprint density at radius 1 is 1.47 bits per heavy atom. The molecule has 17 heavy (non-hydrogen) atoms. The molecule has 92 valence electrons. The number of likely N-dealkylation sites (N-methyl/N-ethyl adjacent to an activating group) is 1. The molecule has 0 amide bonds. The lowest BCUT2D eigenvalue weighted by molar-refractivity contribution is -0.157. The van der Waals surface area contributed by atoms with Crippen LogP contribution < -0.4 is 10.1 Å². The highest BCUT2D eigenvalue weighted by Crippen LogP contribution is 2.32. The van der Waals surface area contributed by atoms with Crippen molar-refractivity contribution in [1.82, 2.24) is 5.32 Å². The Kier molecular flexibility index (Phi) is 3.33. The Hall–Kier alpha value is -1.55. The lowest BCUT2D eigenvalue weighted by Gasteiger charge is -2.35. The normalized spacial score (nSPS) is 24.2. The average molecular weight is 235 g/mol. The van der Waals surface area contributed by atoms with Gasteiger partial charge in [-0.25, -0.2) is 4.79 Å². The molecule has 1 saturated heterocycles. The van der Waals surface area contributed by atoms with Crippen LogP contribution >= 0.6 is 0 Å². The van der Waals surface area contributed by atoms with Crippen molar-refractivity contribution in [2.45, 2.75) is 18.4 Å². The zero-order valence-corrected chi connectivity index (χ0v) is 10.2. The van der Waals surface area contributed by atoms with Gasteiger partial charge in [-0.05, 0) is 37.6 Å². The fourth-order valence-corrected chi connectivity index (χ4v) is 2.25. The second-order valence-corrected chi connectivity index (χ2v) is 4.13. The van der Waals surface area contributed by atoms with Gasteiger partial charge in [0.15, 0.2) is 0 Å². The summed E-state index contributed by atoms with van der Waals surface area (Å²) in [5.41, 5.74) is 0.163. The average Bonchev–Trinajstić information content (AvgIpc) is 2.40. The third-order valence-electron chi connectivity index (χ3n) is 3.27. The van der Waals surface area contributed by atoms with Gasteiger partial charge in [-0.15, -0.1) is 0 Å². The van der Waals surface area contributed by atoms with E-state index in [1.807, 2.05) is 24.3 Å². The highest BCUT2D eigenvalue weighted by molar-refractivity contribution is 5.83. The summed E-state index contributed by atoms with van der Waals surface area (Å²) in [4.78, 5) is 12.0. The zero-order valence-electron chi connectivity index (χ0n) is 10.2. The molecule has 0 aromatic heterocycles. The van der Waals surface area contributed by atoms with Gasteiger partial charge < -0.3 is 14.8 Å². The molecule has 1 aromatic rings. The number of methoxy groups -OCH3 is 1. The molecule has 4 nitrogen and oxygen atoms in total. The maximum absolute atomic E-state index is 12.0. The monoisotopic (exact) mass is 235 g/mol. The van der Waals surface area contributed by atoms with Crippen LogP contribution in [-0.4, -0.2) is 26.7 Å². The number of carbonyl (C=O) groups is 1. The van der Waals surface area contributed by atoms with Gasteiger partial charge in [0, 0.05) is 0 Å². The van der Waals surface area contributed by atoms with E-state index < -0.39 is 5.54 Å². The summed E-state index contributed by atoms with van der Waals surface area (Å²) in [6.45, 7) is 0.506. The third kappa shape index (κ3) is 2.00. The standard InChI is InChI=1S/C13H17NO3/c1-14-13(7-4-8-17-12(13)15)10-5-3-6-11(9-10)16-2/h3,5-6,9,14H,4,7-8H2,1-2H3/t13-/m0/s1. The zero-order chi connectivity index (χ0) is 12.3. The second kappa shape index (κ2) is 4.75. The fraction of sp³-hybridized carbons (Fsp3) is 0.462. The Bertz CT molecular complexity index is 419. The summed E-state index contributed by atoms with van der Waals surface area (Å²) in [5, 5.41) is 3.10. The van der Waals surface area contributed by atoms with E-state index >= 15 is 0 Å². The number of rotatable bonds is 3. The number of carbonyl (C=O) groups excluding carboxylic acids is 1. The number of nitrogens with one attached hydrogen (secondary N) is 1. The van der Waals surface area contributed by atoms with Gasteiger partial charge in [0.2, 0.25) is 0 Å². The van der Waals surface area contributed by atoms with E-state index in [-0.39, 0.29) is 5.97 Å². The van der Waals surface area contributed by atoms with Crippen LogP contribution in [0.4, 0.5) is 0 Å². The smallest absolute Gasteiger partial charge is 0.330 e. The molecule has 2 rings (SSSR count). The first-order valence-corrected chi connectivity index (χ1v) is 5.73. The molecule has 1 N–H and O–H groups in total. The molecule has 0 radical (unpaired) electrons. The molecule has 0 spiro atoms. The number of benzene rings is 1. The van der Waals surface area contributed by atoms with Crippen LogP contribution in [0.1, 0.15) is 18.4 Å². The maximum Gasteiger partial charge on any atom is 0.330 e. The second-order valence-electron chi connectivity index (χ2n) is 4.13. The molecule has 1 aliphatic heterocycles. The Labute approximate surface area is 101 Å². The molecule has 0 unspecified atom stereocenters. The Morgan fingerprint density at radius 3 is 2.94 bits per heavy atom. The minimum Gasteiger partial charge on any atom is -0.497 e. The maximum atomic E-state index is 12.0. The predicted molar refractivity (Wildman–Crippen MR) is 63.9 cm³/mol. The first-order chi connectivity index (χ1) is 8.23. The largest absolute Gasteiger partial charge is 0.497 e. The van der Waals surface area contributed by atoms with E-state index in [0.717, 1.165) is 24.2 Å². The summed E-state index contributed by atoms with van der Waals surface area (Å²) in [5.74, 6) is 0.537. The molecular weight excluding hydrogens is 218 g/mol. The first-order valence-electron chi connectivity index (χ1n) is 5.73. The van der Waals surface area contributed by atoms with Gasteiger partial charge in [0.25, 0.3) is 0 Å². The molecule has 1 aromatic carbocycles. The topological polar surface area (TPSA) is 47.6 Å². The molecule has 4 heteroatoms. The fourth-order valence-electron chi connectivity index (χ4n) is 2.25. The van der Waals surface area contributed by atoms with Gasteiger partial charge in [-0.3, -0.25) is 0 Å². The van der Waals surface area contributed by atoms with Crippen molar-refractivity contribution in [1.29, 1.82) is 0 Å². The van der Waals surface area contributed by atoms with Gasteiger partial charge in [-0.1, -0.05) is 12.1 Å². The quantitative estimate of drug-likeness (QED) is 0.805. The third-order valence-corrected chi connectivity index (χ3v) is 3.27. The van der Waals surface area contributed by atoms with E-state index in [4.69, 9.17) is 9.47 Å². The summed E-state index contributed by atoms with van der Waals surface area (Å²) in [7, 11) is 3.40. The molecular formula is C13H17NO3. The van der Waals surface area contributed by atoms with Crippen molar-refractivity contribution in [3.8, 4) is 5.75 Å². The van der Waals surface area contributed by atoms with Crippen LogP contribution in [0, 0.1) is 0 Å². The lowest BCUT2D eigenvalue weighted by Crippen LogP contribution is -2.51. The van der Waals surface area contributed by atoms with E-state index in [1.165, 1.54) is 0 Å². The summed E-state index contributed by atoms with van der Waals surface area (Å²) in [6.07, 6.45) is 1.61. The molecule has 1 aliphatic rings. The number of esters is 1. The van der Waals surface area contributed by atoms with Gasteiger partial charge in [-0.2, -0.15) is 0 Å². The van der Waals surface area contributed by atoms with Crippen molar-refractivity contribution < 1.29 is 14.3 Å². The van der Waals surface area contributed by atoms with Crippen LogP contribution in [0.3, 0.4) is 0 Å². The SMILES string of the molecule is CN[C@]1(c2cccc(OC)c2)CCCOC1=O. The van der Waals surface area contributed by atoms with Crippen molar-refractivity contribution in [3.05, 3.63) is 29.8 Å². The summed E-state index contributed by atoms with van der Waals surface area (Å²) >= 11 is 0. The van der Waals surface area contributed by atoms with Crippen molar-refractivity contribution in [2.24, 2.45) is 0 Å². The van der Waals surface area contributed by atoms with Crippen molar-refractivity contribution in [2.75, 3.05) is 20.8 Å². The van der Waals surface area contributed by atoms with Crippen molar-refractivity contribution in [3.63, 3.8) is 0 Å². The van der Waals surface area contributed by atoms with Crippen LogP contribution in [0.15, 0.2) is 24.3 Å². The molecule has 0 bridgehead atoms. The van der Waals surface area contributed by atoms with Gasteiger partial charge in [0.05, 0.1) is 13.7 Å². The number of hydrogen-bond donors (Lipinski definition) is 1. The van der Waals surface area contributed by atoms with E-state index in [2.05, 4.69) is 5.32 Å². The number of cyclic esters (lactones) is 1. The molecule has 0 saturated carbocycles. The van der Waals surface area contributed by atoms with E-state index in [1.54, 1.807) is 14.2 Å². The molecule has 1 heterocycles. The van der Waals surface area contributed by atoms with Crippen LogP contribution in [0.25, 0.3) is 0 Å². The highest BCUT2D eigenvalue weighted by Gasteiger charge is 2.42. The van der Waals surface area contributed by atoms with Crippen LogP contribution in [0.5, 0.6) is 5.75 Å². The number of hydrogen-bond acceptors (Lipinski definition) is 4. The van der Waals surface area contributed by atoms with Gasteiger partial charge >= 0.3 is 5.97 Å². The Morgan fingerprint density at radius 2 is 2.29 bits per heavy atom. The molecule has 1 atom stereocenters. The van der Waals surface area contributed by atoms with Gasteiger partial charge in [0.1, 0.15) is 11.3 Å². The molecule has 1 fully saturated rings.